The first-order chi connectivity index (χ1) is 16.4. The Balaban J connectivity index is 1.51. The molecule has 6 nitrogen and oxygen atoms in total. The Kier molecular flexibility index (Phi) is 5.65. The maximum absolute atomic E-state index is 13.8. The van der Waals surface area contributed by atoms with E-state index < -0.39 is 6.04 Å². The van der Waals surface area contributed by atoms with Gasteiger partial charge in [-0.25, -0.2) is 4.98 Å². The molecular weight excluding hydrogens is 424 g/mol. The van der Waals surface area contributed by atoms with Crippen LogP contribution in [0.25, 0.3) is 11.0 Å². The average Bonchev–Trinajstić information content (AvgIpc) is 3.22. The highest BCUT2D eigenvalue weighted by Crippen LogP contribution is 2.37. The maximum Gasteiger partial charge on any atom is 0.247 e. The standard InChI is InChI=1S/C28H28N4O2/c1-18-13-14-22(19(2)15-18)29-26(33)16-25-28(34)31(17-21-9-5-4-6-10-21)20(3)27-30-23-11-7-8-12-24(23)32(25)27/h4-15,20,25H,16-17H2,1-3H3,(H,29,33)/t20-,25+/m1/s1. The number of amides is 2. The van der Waals surface area contributed by atoms with Crippen LogP contribution in [-0.4, -0.2) is 26.3 Å². The summed E-state index contributed by atoms with van der Waals surface area (Å²) in [5, 5.41) is 3.01. The number of nitrogens with zero attached hydrogens (tertiary/aromatic N) is 3. The number of hydrogen-bond acceptors (Lipinski definition) is 3. The second-order valence-corrected chi connectivity index (χ2v) is 9.04. The van der Waals surface area contributed by atoms with Crippen LogP contribution >= 0.6 is 0 Å². The number of hydrogen-bond donors (Lipinski definition) is 1. The van der Waals surface area contributed by atoms with Gasteiger partial charge < -0.3 is 14.8 Å². The topological polar surface area (TPSA) is 67.2 Å². The summed E-state index contributed by atoms with van der Waals surface area (Å²) >= 11 is 0. The van der Waals surface area contributed by atoms with E-state index in [9.17, 15) is 9.59 Å². The summed E-state index contributed by atoms with van der Waals surface area (Å²) in [6.45, 7) is 6.47. The molecule has 172 valence electrons. The van der Waals surface area contributed by atoms with Gasteiger partial charge in [-0.05, 0) is 50.1 Å². The predicted molar refractivity (Wildman–Crippen MR) is 133 cm³/mol. The zero-order valence-electron chi connectivity index (χ0n) is 19.7. The van der Waals surface area contributed by atoms with Crippen molar-refractivity contribution in [3.05, 3.63) is 95.3 Å². The van der Waals surface area contributed by atoms with Crippen LogP contribution in [0.1, 0.15) is 47.9 Å². The maximum atomic E-state index is 13.8. The van der Waals surface area contributed by atoms with Crippen LogP contribution in [0.5, 0.6) is 0 Å². The summed E-state index contributed by atoms with van der Waals surface area (Å²) in [6.07, 6.45) is 0.0392. The van der Waals surface area contributed by atoms with Crippen molar-refractivity contribution in [1.82, 2.24) is 14.5 Å². The van der Waals surface area contributed by atoms with E-state index in [1.165, 1.54) is 0 Å². The molecule has 1 aliphatic rings. The van der Waals surface area contributed by atoms with E-state index in [1.807, 2.05) is 103 Å². The molecule has 3 aromatic carbocycles. The van der Waals surface area contributed by atoms with Crippen molar-refractivity contribution in [2.24, 2.45) is 0 Å². The van der Waals surface area contributed by atoms with Crippen molar-refractivity contribution in [2.75, 3.05) is 5.32 Å². The number of carbonyl (C=O) groups is 2. The van der Waals surface area contributed by atoms with Crippen molar-refractivity contribution in [3.63, 3.8) is 0 Å². The highest BCUT2D eigenvalue weighted by atomic mass is 16.2. The molecule has 0 bridgehead atoms. The third-order valence-corrected chi connectivity index (χ3v) is 6.57. The smallest absolute Gasteiger partial charge is 0.247 e. The lowest BCUT2D eigenvalue weighted by molar-refractivity contribution is -0.142. The molecule has 6 heteroatoms. The first-order valence-electron chi connectivity index (χ1n) is 11.6. The molecular formula is C28H28N4O2. The van der Waals surface area contributed by atoms with Gasteiger partial charge in [-0.2, -0.15) is 0 Å². The molecule has 0 spiro atoms. The quantitative estimate of drug-likeness (QED) is 0.445. The molecule has 1 aliphatic heterocycles. The van der Waals surface area contributed by atoms with Crippen LogP contribution in [0.4, 0.5) is 5.69 Å². The van der Waals surface area contributed by atoms with E-state index >= 15 is 0 Å². The van der Waals surface area contributed by atoms with Crippen molar-refractivity contribution in [1.29, 1.82) is 0 Å². The zero-order valence-corrected chi connectivity index (χ0v) is 19.7. The van der Waals surface area contributed by atoms with Crippen molar-refractivity contribution < 1.29 is 9.59 Å². The molecule has 0 saturated carbocycles. The lowest BCUT2D eigenvalue weighted by Crippen LogP contribution is -2.45. The van der Waals surface area contributed by atoms with Gasteiger partial charge in [0.2, 0.25) is 11.8 Å². The van der Waals surface area contributed by atoms with Gasteiger partial charge in [0.25, 0.3) is 0 Å². The van der Waals surface area contributed by atoms with Gasteiger partial charge in [0.05, 0.1) is 23.5 Å². The molecule has 0 radical (unpaired) electrons. The highest BCUT2D eigenvalue weighted by Gasteiger charge is 2.40. The molecule has 2 heterocycles. The number of aromatic nitrogens is 2. The number of nitrogens with one attached hydrogen (secondary N) is 1. The van der Waals surface area contributed by atoms with Crippen molar-refractivity contribution >= 4 is 28.5 Å². The van der Waals surface area contributed by atoms with Crippen LogP contribution in [0.3, 0.4) is 0 Å². The minimum atomic E-state index is -0.659. The molecule has 34 heavy (non-hydrogen) atoms. The molecule has 2 amide bonds. The third kappa shape index (κ3) is 3.96. The van der Waals surface area contributed by atoms with E-state index in [-0.39, 0.29) is 24.3 Å². The summed E-state index contributed by atoms with van der Waals surface area (Å²) in [5.41, 5.74) is 5.66. The SMILES string of the molecule is Cc1ccc(NC(=O)C[C@H]2C(=O)N(Cc3ccccc3)[C@H](C)c3nc4ccccc4n32)c(C)c1. The van der Waals surface area contributed by atoms with Crippen molar-refractivity contribution in [3.8, 4) is 0 Å². The molecule has 1 N–H and O–H groups in total. The summed E-state index contributed by atoms with van der Waals surface area (Å²) in [4.78, 5) is 33.7. The molecule has 2 atom stereocenters. The van der Waals surface area contributed by atoms with Crippen LogP contribution in [0.2, 0.25) is 0 Å². The van der Waals surface area contributed by atoms with E-state index in [4.69, 9.17) is 4.98 Å². The van der Waals surface area contributed by atoms with Gasteiger partial charge in [0, 0.05) is 12.2 Å². The molecule has 0 unspecified atom stereocenters. The lowest BCUT2D eigenvalue weighted by atomic mass is 10.0. The molecule has 0 aliphatic carbocycles. The van der Waals surface area contributed by atoms with E-state index in [1.54, 1.807) is 0 Å². The zero-order chi connectivity index (χ0) is 23.8. The van der Waals surface area contributed by atoms with E-state index in [0.29, 0.717) is 6.54 Å². The van der Waals surface area contributed by atoms with Crippen LogP contribution in [0.15, 0.2) is 72.8 Å². The van der Waals surface area contributed by atoms with Gasteiger partial charge in [0.15, 0.2) is 0 Å². The minimum Gasteiger partial charge on any atom is -0.327 e. The van der Waals surface area contributed by atoms with Crippen LogP contribution in [0, 0.1) is 13.8 Å². The Bertz CT molecular complexity index is 1380. The average molecular weight is 453 g/mol. The number of anilines is 1. The fourth-order valence-electron chi connectivity index (χ4n) is 4.82. The fraction of sp³-hybridized carbons (Fsp3) is 0.250. The largest absolute Gasteiger partial charge is 0.327 e. The number of carbonyl (C=O) groups excluding carboxylic acids is 2. The highest BCUT2D eigenvalue weighted by molar-refractivity contribution is 5.96. The first-order valence-corrected chi connectivity index (χ1v) is 11.6. The first kappa shape index (κ1) is 21.9. The number of rotatable bonds is 5. The summed E-state index contributed by atoms with van der Waals surface area (Å²) in [7, 11) is 0. The molecule has 1 aromatic heterocycles. The third-order valence-electron chi connectivity index (χ3n) is 6.57. The fourth-order valence-corrected chi connectivity index (χ4v) is 4.82. The number of aryl methyl sites for hydroxylation is 2. The Hall–Kier alpha value is -3.93. The summed E-state index contributed by atoms with van der Waals surface area (Å²) in [6, 6.07) is 22.8. The molecule has 4 aromatic rings. The Morgan fingerprint density at radius 2 is 1.74 bits per heavy atom. The Labute approximate surface area is 199 Å². The van der Waals surface area contributed by atoms with E-state index in [2.05, 4.69) is 5.32 Å². The van der Waals surface area contributed by atoms with Gasteiger partial charge in [-0.15, -0.1) is 0 Å². The number of para-hydroxylation sites is 2. The van der Waals surface area contributed by atoms with Gasteiger partial charge >= 0.3 is 0 Å². The van der Waals surface area contributed by atoms with Crippen molar-refractivity contribution in [2.45, 2.75) is 45.8 Å². The van der Waals surface area contributed by atoms with Gasteiger partial charge in [-0.1, -0.05) is 60.2 Å². The number of fused-ring (bicyclic) bond motifs is 3. The minimum absolute atomic E-state index is 0.0392. The van der Waals surface area contributed by atoms with Gasteiger partial charge in [0.1, 0.15) is 11.9 Å². The van der Waals surface area contributed by atoms with Crippen LogP contribution < -0.4 is 5.32 Å². The normalized spacial score (nSPS) is 17.6. The monoisotopic (exact) mass is 452 g/mol. The predicted octanol–water partition coefficient (Wildman–Crippen LogP) is 5.33. The molecule has 0 saturated heterocycles. The number of imidazole rings is 1. The summed E-state index contributed by atoms with van der Waals surface area (Å²) in [5.74, 6) is 0.548. The summed E-state index contributed by atoms with van der Waals surface area (Å²) < 4.78 is 1.96. The Morgan fingerprint density at radius 3 is 2.50 bits per heavy atom. The lowest BCUT2D eigenvalue weighted by Gasteiger charge is -2.38. The number of benzene rings is 3. The van der Waals surface area contributed by atoms with Crippen LogP contribution in [-0.2, 0) is 16.1 Å². The van der Waals surface area contributed by atoms with E-state index in [0.717, 1.165) is 39.2 Å². The molecule has 0 fully saturated rings. The molecule has 5 rings (SSSR count). The Morgan fingerprint density at radius 1 is 1.00 bits per heavy atom. The van der Waals surface area contributed by atoms with Gasteiger partial charge in [-0.3, -0.25) is 9.59 Å². The second-order valence-electron chi connectivity index (χ2n) is 9.04. The second kappa shape index (κ2) is 8.78.